The summed E-state index contributed by atoms with van der Waals surface area (Å²) in [6, 6.07) is 0. The molecule has 1 rings (SSSR count). The maximum atomic E-state index is 12.5. The third-order valence-electron chi connectivity index (χ3n) is 3.29. The molecule has 0 aromatic rings. The number of allylic oxidation sites excluding steroid dienone is 1. The van der Waals surface area contributed by atoms with Gasteiger partial charge in [0.1, 0.15) is 0 Å². The van der Waals surface area contributed by atoms with Crippen LogP contribution in [0.4, 0.5) is 13.2 Å². The van der Waals surface area contributed by atoms with Crippen molar-refractivity contribution in [2.45, 2.75) is 38.8 Å². The van der Waals surface area contributed by atoms with Crippen LogP contribution >= 0.6 is 0 Å². The topological polar surface area (TPSA) is 0 Å². The SMILES string of the molecule is C=CC(C)C1CCCC(C(F)(F)F)C1. The number of halogens is 3. The van der Waals surface area contributed by atoms with Crippen LogP contribution in [0.25, 0.3) is 0 Å². The van der Waals surface area contributed by atoms with Gasteiger partial charge in [0.25, 0.3) is 0 Å². The van der Waals surface area contributed by atoms with E-state index in [1.165, 1.54) is 0 Å². The third-order valence-corrected chi connectivity index (χ3v) is 3.29. The van der Waals surface area contributed by atoms with Crippen molar-refractivity contribution in [1.29, 1.82) is 0 Å². The molecule has 1 saturated carbocycles. The van der Waals surface area contributed by atoms with Crippen molar-refractivity contribution >= 4 is 0 Å². The molecule has 0 aromatic carbocycles. The lowest BCUT2D eigenvalue weighted by molar-refractivity contribution is -0.186. The van der Waals surface area contributed by atoms with E-state index in [1.54, 1.807) is 6.08 Å². The summed E-state index contributed by atoms with van der Waals surface area (Å²) in [7, 11) is 0. The van der Waals surface area contributed by atoms with Crippen LogP contribution < -0.4 is 0 Å². The molecule has 3 heteroatoms. The predicted octanol–water partition coefficient (Wildman–Crippen LogP) is 4.18. The van der Waals surface area contributed by atoms with E-state index in [4.69, 9.17) is 0 Å². The first-order valence-electron chi connectivity index (χ1n) is 5.14. The van der Waals surface area contributed by atoms with Gasteiger partial charge in [0.2, 0.25) is 0 Å². The lowest BCUT2D eigenvalue weighted by Gasteiger charge is -2.32. The minimum atomic E-state index is -4.00. The average Bonchev–Trinajstić information content (AvgIpc) is 2.15. The molecule has 0 saturated heterocycles. The maximum Gasteiger partial charge on any atom is 0.391 e. The Kier molecular flexibility index (Phi) is 3.62. The number of rotatable bonds is 2. The molecule has 14 heavy (non-hydrogen) atoms. The van der Waals surface area contributed by atoms with Gasteiger partial charge in [0.15, 0.2) is 0 Å². The first-order chi connectivity index (χ1) is 6.45. The zero-order valence-corrected chi connectivity index (χ0v) is 8.48. The van der Waals surface area contributed by atoms with Gasteiger partial charge in [-0.05, 0) is 31.1 Å². The molecule has 0 bridgehead atoms. The van der Waals surface area contributed by atoms with Crippen molar-refractivity contribution in [3.05, 3.63) is 12.7 Å². The highest BCUT2D eigenvalue weighted by Crippen LogP contribution is 2.42. The molecule has 1 aliphatic rings. The van der Waals surface area contributed by atoms with Crippen LogP contribution in [0.5, 0.6) is 0 Å². The predicted molar refractivity (Wildman–Crippen MR) is 50.9 cm³/mol. The van der Waals surface area contributed by atoms with Crippen LogP contribution in [0, 0.1) is 17.8 Å². The second-order valence-corrected chi connectivity index (χ2v) is 4.26. The second kappa shape index (κ2) is 4.37. The highest BCUT2D eigenvalue weighted by atomic mass is 19.4. The van der Waals surface area contributed by atoms with Crippen molar-refractivity contribution in [2.75, 3.05) is 0 Å². The van der Waals surface area contributed by atoms with Crippen molar-refractivity contribution in [3.8, 4) is 0 Å². The summed E-state index contributed by atoms with van der Waals surface area (Å²) in [6.07, 6.45) is -0.0175. The fraction of sp³-hybridized carbons (Fsp3) is 0.818. The first kappa shape index (κ1) is 11.6. The highest BCUT2D eigenvalue weighted by molar-refractivity contribution is 4.87. The van der Waals surface area contributed by atoms with Gasteiger partial charge in [-0.1, -0.05) is 19.4 Å². The van der Waals surface area contributed by atoms with E-state index in [0.29, 0.717) is 12.8 Å². The van der Waals surface area contributed by atoms with Crippen molar-refractivity contribution in [3.63, 3.8) is 0 Å². The molecular formula is C11H17F3. The fourth-order valence-electron chi connectivity index (χ4n) is 2.19. The monoisotopic (exact) mass is 206 g/mol. The molecule has 3 atom stereocenters. The van der Waals surface area contributed by atoms with E-state index < -0.39 is 12.1 Å². The molecule has 0 spiro atoms. The van der Waals surface area contributed by atoms with E-state index >= 15 is 0 Å². The van der Waals surface area contributed by atoms with Crippen LogP contribution in [-0.2, 0) is 0 Å². The number of alkyl halides is 3. The minimum absolute atomic E-state index is 0.174. The molecular weight excluding hydrogens is 189 g/mol. The van der Waals surface area contributed by atoms with Gasteiger partial charge in [0.05, 0.1) is 5.92 Å². The van der Waals surface area contributed by atoms with Gasteiger partial charge < -0.3 is 0 Å². The van der Waals surface area contributed by atoms with Crippen molar-refractivity contribution in [2.24, 2.45) is 17.8 Å². The van der Waals surface area contributed by atoms with Crippen LogP contribution in [0.15, 0.2) is 12.7 Å². The summed E-state index contributed by atoms with van der Waals surface area (Å²) in [4.78, 5) is 0. The van der Waals surface area contributed by atoms with Gasteiger partial charge in [-0.25, -0.2) is 0 Å². The average molecular weight is 206 g/mol. The number of hydrogen-bond acceptors (Lipinski definition) is 0. The zero-order chi connectivity index (χ0) is 10.8. The Labute approximate surface area is 83.2 Å². The molecule has 0 heterocycles. The van der Waals surface area contributed by atoms with Gasteiger partial charge in [0, 0.05) is 0 Å². The van der Waals surface area contributed by atoms with Gasteiger partial charge >= 0.3 is 6.18 Å². The fourth-order valence-corrected chi connectivity index (χ4v) is 2.19. The maximum absolute atomic E-state index is 12.5. The van der Waals surface area contributed by atoms with Gasteiger partial charge in [-0.3, -0.25) is 0 Å². The molecule has 0 aliphatic heterocycles. The molecule has 1 aliphatic carbocycles. The normalized spacial score (nSPS) is 31.1. The summed E-state index contributed by atoms with van der Waals surface area (Å²) in [6.45, 7) is 5.60. The lowest BCUT2D eigenvalue weighted by atomic mass is 9.75. The van der Waals surface area contributed by atoms with Crippen LogP contribution in [-0.4, -0.2) is 6.18 Å². The first-order valence-corrected chi connectivity index (χ1v) is 5.14. The number of hydrogen-bond donors (Lipinski definition) is 0. The summed E-state index contributed by atoms with van der Waals surface area (Å²) in [5.74, 6) is -0.698. The molecule has 0 N–H and O–H groups in total. The highest BCUT2D eigenvalue weighted by Gasteiger charge is 2.42. The smallest absolute Gasteiger partial charge is 0.171 e. The van der Waals surface area contributed by atoms with Crippen LogP contribution in [0.1, 0.15) is 32.6 Å². The van der Waals surface area contributed by atoms with Gasteiger partial charge in [-0.15, -0.1) is 6.58 Å². The Morgan fingerprint density at radius 1 is 1.36 bits per heavy atom. The zero-order valence-electron chi connectivity index (χ0n) is 8.48. The van der Waals surface area contributed by atoms with Crippen LogP contribution in [0.3, 0.4) is 0 Å². The quantitative estimate of drug-likeness (QED) is 0.594. The van der Waals surface area contributed by atoms with E-state index in [2.05, 4.69) is 6.58 Å². The second-order valence-electron chi connectivity index (χ2n) is 4.26. The molecule has 0 aromatic heterocycles. The molecule has 0 nitrogen and oxygen atoms in total. The Balaban J connectivity index is 2.56. The van der Waals surface area contributed by atoms with Gasteiger partial charge in [-0.2, -0.15) is 13.2 Å². The summed E-state index contributed by atoms with van der Waals surface area (Å²) < 4.78 is 37.4. The summed E-state index contributed by atoms with van der Waals surface area (Å²) >= 11 is 0. The van der Waals surface area contributed by atoms with E-state index in [9.17, 15) is 13.2 Å². The molecule has 0 radical (unpaired) electrons. The molecule has 1 fully saturated rings. The summed E-state index contributed by atoms with van der Waals surface area (Å²) in [5.41, 5.74) is 0. The van der Waals surface area contributed by atoms with Crippen molar-refractivity contribution < 1.29 is 13.2 Å². The Bertz CT molecular complexity index is 195. The third kappa shape index (κ3) is 2.76. The lowest BCUT2D eigenvalue weighted by Crippen LogP contribution is -2.30. The standard InChI is InChI=1S/C11H17F3/c1-3-8(2)9-5-4-6-10(7-9)11(12,13)14/h3,8-10H,1,4-7H2,2H3. The molecule has 82 valence electrons. The Hall–Kier alpha value is -0.470. The summed E-state index contributed by atoms with van der Waals surface area (Å²) in [5, 5.41) is 0. The Morgan fingerprint density at radius 2 is 2.00 bits per heavy atom. The molecule has 3 unspecified atom stereocenters. The van der Waals surface area contributed by atoms with E-state index in [0.717, 1.165) is 6.42 Å². The van der Waals surface area contributed by atoms with E-state index in [-0.39, 0.29) is 18.3 Å². The largest absolute Gasteiger partial charge is 0.391 e. The Morgan fingerprint density at radius 3 is 2.50 bits per heavy atom. The van der Waals surface area contributed by atoms with E-state index in [1.807, 2.05) is 6.92 Å². The molecule has 0 amide bonds. The van der Waals surface area contributed by atoms with Crippen molar-refractivity contribution in [1.82, 2.24) is 0 Å². The van der Waals surface area contributed by atoms with Crippen LogP contribution in [0.2, 0.25) is 0 Å². The minimum Gasteiger partial charge on any atom is -0.171 e.